The van der Waals surface area contributed by atoms with Crippen molar-refractivity contribution in [2.75, 3.05) is 11.9 Å². The van der Waals surface area contributed by atoms with Crippen LogP contribution in [-0.2, 0) is 24.1 Å². The summed E-state index contributed by atoms with van der Waals surface area (Å²) in [5, 5.41) is 28.8. The van der Waals surface area contributed by atoms with E-state index in [1.807, 2.05) is 42.5 Å². The van der Waals surface area contributed by atoms with E-state index >= 15 is 0 Å². The molecule has 3 amide bonds. The maximum Gasteiger partial charge on any atom is 0.410 e. The molecule has 0 aliphatic rings. The van der Waals surface area contributed by atoms with E-state index in [0.717, 1.165) is 10.5 Å². The highest BCUT2D eigenvalue weighted by Crippen LogP contribution is 2.27. The lowest BCUT2D eigenvalue weighted by molar-refractivity contribution is 0.0525. The number of benzene rings is 2. The van der Waals surface area contributed by atoms with Crippen LogP contribution in [0, 0.1) is 6.92 Å². The number of hydrogen-bond donors (Lipinski definition) is 5. The minimum absolute atomic E-state index is 0.0112. The molecule has 1 heterocycles. The molecule has 2 aromatic carbocycles. The van der Waals surface area contributed by atoms with E-state index in [9.17, 15) is 24.6 Å². The van der Waals surface area contributed by atoms with Gasteiger partial charge in [0.25, 0.3) is 0 Å². The smallest absolute Gasteiger partial charge is 0.410 e. The molecular weight excluding hydrogens is 538 g/mol. The second-order valence-corrected chi connectivity index (χ2v) is 10.9. The molecule has 11 nitrogen and oxygen atoms in total. The van der Waals surface area contributed by atoms with Gasteiger partial charge in [0.1, 0.15) is 5.60 Å². The summed E-state index contributed by atoms with van der Waals surface area (Å²) in [6.45, 7) is 7.43. The van der Waals surface area contributed by atoms with E-state index in [1.165, 1.54) is 0 Å². The summed E-state index contributed by atoms with van der Waals surface area (Å²) in [5.74, 6) is -1.79. The largest absolute Gasteiger partial charge is 0.465 e. The number of rotatable bonds is 12. The molecule has 0 aliphatic carbocycles. The van der Waals surface area contributed by atoms with E-state index in [4.69, 9.17) is 4.74 Å². The average molecular weight is 578 g/mol. The fraction of sp³-hybridized carbons (Fsp3) is 0.355. The molecule has 0 fully saturated rings. The third kappa shape index (κ3) is 9.69. The van der Waals surface area contributed by atoms with Crippen LogP contribution in [0.15, 0.2) is 72.9 Å². The molecule has 0 spiro atoms. The maximum atomic E-state index is 12.8. The van der Waals surface area contributed by atoms with Crippen LogP contribution < -0.4 is 16.0 Å². The number of hydrogen-bond acceptors (Lipinski definition) is 6. The SMILES string of the molecule is Cc1ncc(CCCNC(=O)OC(C)(C)C)cc1NC(Cc1ccccc1)(NC(=O)O)N(Cc1ccccc1)C(=O)O. The fourth-order valence-electron chi connectivity index (χ4n) is 4.41. The molecule has 0 saturated heterocycles. The van der Waals surface area contributed by atoms with Crippen molar-refractivity contribution < 1.29 is 29.3 Å². The summed E-state index contributed by atoms with van der Waals surface area (Å²) < 4.78 is 5.26. The normalized spacial score (nSPS) is 12.5. The first kappa shape index (κ1) is 31.7. The molecule has 1 atom stereocenters. The minimum Gasteiger partial charge on any atom is -0.465 e. The van der Waals surface area contributed by atoms with E-state index in [1.54, 1.807) is 58.2 Å². The zero-order valence-electron chi connectivity index (χ0n) is 24.4. The van der Waals surface area contributed by atoms with Gasteiger partial charge in [-0.15, -0.1) is 0 Å². The predicted molar refractivity (Wildman–Crippen MR) is 159 cm³/mol. The number of aromatic nitrogens is 1. The molecule has 0 radical (unpaired) electrons. The highest BCUT2D eigenvalue weighted by atomic mass is 16.6. The van der Waals surface area contributed by atoms with Gasteiger partial charge in [-0.2, -0.15) is 0 Å². The van der Waals surface area contributed by atoms with Crippen molar-refractivity contribution in [3.8, 4) is 0 Å². The van der Waals surface area contributed by atoms with Crippen LogP contribution in [0.2, 0.25) is 0 Å². The summed E-state index contributed by atoms with van der Waals surface area (Å²) in [4.78, 5) is 42.5. The Morgan fingerprint density at radius 2 is 1.55 bits per heavy atom. The first-order chi connectivity index (χ1) is 19.9. The zero-order chi connectivity index (χ0) is 30.8. The number of aryl methyl sites for hydroxylation is 2. The molecule has 1 aromatic heterocycles. The average Bonchev–Trinajstić information content (AvgIpc) is 2.91. The molecule has 3 rings (SSSR count). The van der Waals surface area contributed by atoms with E-state index < -0.39 is 29.7 Å². The standard InChI is InChI=1S/C31H39N5O6/c1-22-26(18-25(20-33-22)16-11-17-32-28(39)42-30(2,3)4)34-31(35-27(37)38,19-23-12-7-5-8-13-23)36(29(40)41)21-24-14-9-6-10-15-24/h5-10,12-15,18,20,34-35H,11,16-17,19,21H2,1-4H3,(H,32,39)(H,37,38)(H,40,41). The van der Waals surface area contributed by atoms with Crippen LogP contribution in [0.25, 0.3) is 0 Å². The van der Waals surface area contributed by atoms with Crippen molar-refractivity contribution in [2.24, 2.45) is 0 Å². The number of carboxylic acid groups (broad SMARTS) is 2. The Hall–Kier alpha value is -4.80. The Bertz CT molecular complexity index is 1350. The van der Waals surface area contributed by atoms with Crippen LogP contribution in [-0.4, -0.2) is 56.3 Å². The summed E-state index contributed by atoms with van der Waals surface area (Å²) >= 11 is 0. The molecule has 1 unspecified atom stereocenters. The zero-order valence-corrected chi connectivity index (χ0v) is 24.4. The Labute approximate surface area is 245 Å². The number of amides is 3. The topological polar surface area (TPSA) is 153 Å². The second-order valence-electron chi connectivity index (χ2n) is 10.9. The van der Waals surface area contributed by atoms with Crippen molar-refractivity contribution in [1.82, 2.24) is 20.5 Å². The Kier molecular flexibility index (Phi) is 10.7. The Morgan fingerprint density at radius 3 is 2.12 bits per heavy atom. The number of alkyl carbamates (subject to hydrolysis) is 1. The third-order valence-corrected chi connectivity index (χ3v) is 6.29. The van der Waals surface area contributed by atoms with Gasteiger partial charge in [-0.1, -0.05) is 60.7 Å². The number of pyridine rings is 1. The summed E-state index contributed by atoms with van der Waals surface area (Å²) in [6, 6.07) is 19.9. The van der Waals surface area contributed by atoms with Gasteiger partial charge < -0.3 is 25.6 Å². The lowest BCUT2D eigenvalue weighted by Gasteiger charge is -2.43. The second kappa shape index (κ2) is 14.2. The van der Waals surface area contributed by atoms with Gasteiger partial charge in [-0.05, 0) is 63.3 Å². The number of nitrogens with one attached hydrogen (secondary N) is 3. The summed E-state index contributed by atoms with van der Waals surface area (Å²) in [7, 11) is 0. The molecule has 0 aliphatic heterocycles. The first-order valence-corrected chi connectivity index (χ1v) is 13.7. The maximum absolute atomic E-state index is 12.8. The van der Waals surface area contributed by atoms with Crippen molar-refractivity contribution in [3.05, 3.63) is 95.3 Å². The van der Waals surface area contributed by atoms with Crippen LogP contribution in [0.3, 0.4) is 0 Å². The van der Waals surface area contributed by atoms with Crippen LogP contribution >= 0.6 is 0 Å². The first-order valence-electron chi connectivity index (χ1n) is 13.7. The van der Waals surface area contributed by atoms with E-state index in [2.05, 4.69) is 20.9 Å². The van der Waals surface area contributed by atoms with Crippen molar-refractivity contribution in [3.63, 3.8) is 0 Å². The van der Waals surface area contributed by atoms with Gasteiger partial charge in [0.15, 0.2) is 0 Å². The summed E-state index contributed by atoms with van der Waals surface area (Å²) in [5.41, 5.74) is 2.66. The van der Waals surface area contributed by atoms with Gasteiger partial charge >= 0.3 is 18.3 Å². The molecule has 42 heavy (non-hydrogen) atoms. The van der Waals surface area contributed by atoms with Crippen LogP contribution in [0.5, 0.6) is 0 Å². The summed E-state index contributed by atoms with van der Waals surface area (Å²) in [6.07, 6.45) is -0.355. The molecule has 5 N–H and O–H groups in total. The van der Waals surface area contributed by atoms with Gasteiger partial charge in [0.2, 0.25) is 5.79 Å². The van der Waals surface area contributed by atoms with E-state index in [0.29, 0.717) is 41.9 Å². The van der Waals surface area contributed by atoms with E-state index in [-0.39, 0.29) is 13.0 Å². The van der Waals surface area contributed by atoms with Gasteiger partial charge in [0, 0.05) is 19.2 Å². The minimum atomic E-state index is -1.79. The van der Waals surface area contributed by atoms with Crippen molar-refractivity contribution in [2.45, 2.75) is 64.9 Å². The molecule has 0 saturated carbocycles. The van der Waals surface area contributed by atoms with Crippen molar-refractivity contribution >= 4 is 24.0 Å². The number of carbonyl (C=O) groups is 3. The molecule has 0 bridgehead atoms. The molecule has 11 heteroatoms. The quantitative estimate of drug-likeness (QED) is 0.138. The number of nitrogens with zero attached hydrogens (tertiary/aromatic N) is 2. The lowest BCUT2D eigenvalue weighted by atomic mass is 10.0. The highest BCUT2D eigenvalue weighted by Gasteiger charge is 2.42. The Morgan fingerprint density at radius 1 is 0.929 bits per heavy atom. The molecule has 3 aromatic rings. The van der Waals surface area contributed by atoms with Gasteiger partial charge in [-0.25, -0.2) is 14.4 Å². The van der Waals surface area contributed by atoms with Gasteiger partial charge in [-0.3, -0.25) is 15.2 Å². The molecular formula is C31H39N5O6. The van der Waals surface area contributed by atoms with Crippen LogP contribution in [0.4, 0.5) is 20.1 Å². The van der Waals surface area contributed by atoms with Crippen LogP contribution in [0.1, 0.15) is 49.6 Å². The fourth-order valence-corrected chi connectivity index (χ4v) is 4.41. The predicted octanol–water partition coefficient (Wildman–Crippen LogP) is 5.60. The third-order valence-electron chi connectivity index (χ3n) is 6.29. The highest BCUT2D eigenvalue weighted by molar-refractivity contribution is 5.72. The van der Waals surface area contributed by atoms with Crippen molar-refractivity contribution in [1.29, 1.82) is 0 Å². The Balaban J connectivity index is 1.93. The monoisotopic (exact) mass is 577 g/mol. The number of ether oxygens (including phenoxy) is 1. The van der Waals surface area contributed by atoms with Gasteiger partial charge in [0.05, 0.1) is 17.9 Å². The lowest BCUT2D eigenvalue weighted by Crippen LogP contribution is -2.67. The number of anilines is 1. The molecule has 224 valence electrons. The number of carbonyl (C=O) groups excluding carboxylic acids is 1.